The molecule has 0 aromatic carbocycles. The summed E-state index contributed by atoms with van der Waals surface area (Å²) in [5.74, 6) is -1.06. The van der Waals surface area contributed by atoms with E-state index in [0.29, 0.717) is 24.4 Å². The van der Waals surface area contributed by atoms with Crippen LogP contribution in [0.5, 0.6) is 11.5 Å². The van der Waals surface area contributed by atoms with Gasteiger partial charge < -0.3 is 14.3 Å². The van der Waals surface area contributed by atoms with Gasteiger partial charge in [-0.05, 0) is 6.42 Å². The number of aromatic hydroxyl groups is 1. The Morgan fingerprint density at radius 1 is 1.57 bits per heavy atom. The highest BCUT2D eigenvalue weighted by molar-refractivity contribution is 7.13. The van der Waals surface area contributed by atoms with Crippen molar-refractivity contribution in [2.24, 2.45) is 0 Å². The second-order valence-electron chi connectivity index (χ2n) is 4.49. The first kappa shape index (κ1) is 13.6. The molecular weight excluding hydrogens is 296 g/mol. The number of thiazole rings is 1. The van der Waals surface area contributed by atoms with E-state index in [1.54, 1.807) is 11.6 Å². The van der Waals surface area contributed by atoms with Crippen LogP contribution >= 0.6 is 11.3 Å². The highest BCUT2D eigenvalue weighted by Gasteiger charge is 2.33. The Labute approximate surface area is 123 Å². The Hall–Kier alpha value is -2.35. The number of ether oxygens (including phenoxy) is 1. The standard InChI is InChI=1S/C13H12N2O5S/c1-7(16)19-11-9(18)10(12-14-4-6-21-12)20-13(11)15-5-2-3-8(15)17/h4,6,18H,2-3,5H2,1H3. The molecule has 3 heterocycles. The fourth-order valence-corrected chi connectivity index (χ4v) is 2.77. The number of aromatic nitrogens is 1. The fraction of sp³-hybridized carbons (Fsp3) is 0.308. The molecular formula is C13H12N2O5S. The van der Waals surface area contributed by atoms with Gasteiger partial charge in [0.2, 0.25) is 23.2 Å². The van der Waals surface area contributed by atoms with Gasteiger partial charge in [-0.25, -0.2) is 4.98 Å². The maximum atomic E-state index is 11.9. The molecule has 0 bridgehead atoms. The predicted molar refractivity (Wildman–Crippen MR) is 74.4 cm³/mol. The molecule has 1 saturated heterocycles. The van der Waals surface area contributed by atoms with E-state index < -0.39 is 5.97 Å². The van der Waals surface area contributed by atoms with Crippen molar-refractivity contribution in [3.63, 3.8) is 0 Å². The number of amides is 1. The smallest absolute Gasteiger partial charge is 0.308 e. The first-order valence-corrected chi connectivity index (χ1v) is 7.20. The van der Waals surface area contributed by atoms with Crippen LogP contribution in [0.15, 0.2) is 16.0 Å². The largest absolute Gasteiger partial charge is 0.501 e. The number of hydrogen-bond acceptors (Lipinski definition) is 7. The SMILES string of the molecule is CC(=O)Oc1c(N2CCCC2=O)oc(-c2nccs2)c1O. The number of rotatable bonds is 3. The summed E-state index contributed by atoms with van der Waals surface area (Å²) >= 11 is 1.27. The van der Waals surface area contributed by atoms with Crippen LogP contribution in [0.25, 0.3) is 10.8 Å². The predicted octanol–water partition coefficient (Wildman–Crippen LogP) is 2.16. The van der Waals surface area contributed by atoms with E-state index in [1.165, 1.54) is 23.2 Å². The van der Waals surface area contributed by atoms with E-state index in [0.717, 1.165) is 0 Å². The summed E-state index contributed by atoms with van der Waals surface area (Å²) in [5.41, 5.74) is 0. The Bertz CT molecular complexity index is 692. The van der Waals surface area contributed by atoms with Crippen molar-refractivity contribution in [2.75, 3.05) is 11.4 Å². The van der Waals surface area contributed by atoms with Crippen LogP contribution in [0, 0.1) is 0 Å². The summed E-state index contributed by atoms with van der Waals surface area (Å²) in [4.78, 5) is 28.5. The molecule has 3 rings (SSSR count). The van der Waals surface area contributed by atoms with Crippen molar-refractivity contribution < 1.29 is 23.8 Å². The van der Waals surface area contributed by atoms with E-state index in [4.69, 9.17) is 9.15 Å². The van der Waals surface area contributed by atoms with Gasteiger partial charge in [0.15, 0.2) is 5.01 Å². The minimum atomic E-state index is -0.607. The van der Waals surface area contributed by atoms with Gasteiger partial charge in [-0.1, -0.05) is 0 Å². The van der Waals surface area contributed by atoms with Crippen LogP contribution < -0.4 is 9.64 Å². The molecule has 2 aromatic heterocycles. The van der Waals surface area contributed by atoms with Crippen molar-refractivity contribution in [3.8, 4) is 22.3 Å². The number of carbonyl (C=O) groups is 2. The molecule has 0 radical (unpaired) electrons. The Morgan fingerprint density at radius 3 is 2.95 bits per heavy atom. The molecule has 1 amide bonds. The van der Waals surface area contributed by atoms with Gasteiger partial charge in [0, 0.05) is 31.5 Å². The van der Waals surface area contributed by atoms with Crippen molar-refractivity contribution in [3.05, 3.63) is 11.6 Å². The molecule has 8 heteroatoms. The molecule has 1 aliphatic heterocycles. The summed E-state index contributed by atoms with van der Waals surface area (Å²) < 4.78 is 10.6. The van der Waals surface area contributed by atoms with Gasteiger partial charge in [-0.2, -0.15) is 0 Å². The van der Waals surface area contributed by atoms with Crippen LogP contribution in [0.4, 0.5) is 5.88 Å². The molecule has 0 unspecified atom stereocenters. The number of furan rings is 1. The molecule has 7 nitrogen and oxygen atoms in total. The van der Waals surface area contributed by atoms with Crippen LogP contribution in [0.1, 0.15) is 19.8 Å². The Balaban J connectivity index is 2.11. The van der Waals surface area contributed by atoms with Crippen LogP contribution in [-0.2, 0) is 9.59 Å². The van der Waals surface area contributed by atoms with E-state index >= 15 is 0 Å². The minimum Gasteiger partial charge on any atom is -0.501 e. The van der Waals surface area contributed by atoms with Gasteiger partial charge in [0.05, 0.1) is 0 Å². The zero-order chi connectivity index (χ0) is 15.0. The molecule has 1 N–H and O–H groups in total. The summed E-state index contributed by atoms with van der Waals surface area (Å²) in [6.45, 7) is 1.67. The van der Waals surface area contributed by atoms with Crippen LogP contribution in [0.2, 0.25) is 0 Å². The summed E-state index contributed by atoms with van der Waals surface area (Å²) in [6.07, 6.45) is 2.65. The van der Waals surface area contributed by atoms with Crippen molar-refractivity contribution in [2.45, 2.75) is 19.8 Å². The quantitative estimate of drug-likeness (QED) is 0.873. The third kappa shape index (κ3) is 2.38. The summed E-state index contributed by atoms with van der Waals surface area (Å²) in [7, 11) is 0. The van der Waals surface area contributed by atoms with Crippen molar-refractivity contribution in [1.82, 2.24) is 4.98 Å². The molecule has 0 aliphatic carbocycles. The third-order valence-corrected chi connectivity index (χ3v) is 3.79. The number of anilines is 1. The first-order valence-electron chi connectivity index (χ1n) is 6.32. The van der Waals surface area contributed by atoms with Gasteiger partial charge in [-0.15, -0.1) is 11.3 Å². The molecule has 21 heavy (non-hydrogen) atoms. The lowest BCUT2D eigenvalue weighted by Gasteiger charge is -2.13. The maximum Gasteiger partial charge on any atom is 0.308 e. The minimum absolute atomic E-state index is 0.0513. The van der Waals surface area contributed by atoms with Gasteiger partial charge in [0.25, 0.3) is 5.88 Å². The first-order chi connectivity index (χ1) is 10.1. The Kier molecular flexibility index (Phi) is 3.38. The third-order valence-electron chi connectivity index (χ3n) is 3.01. The summed E-state index contributed by atoms with van der Waals surface area (Å²) in [6, 6.07) is 0. The monoisotopic (exact) mass is 308 g/mol. The summed E-state index contributed by atoms with van der Waals surface area (Å²) in [5, 5.41) is 12.4. The van der Waals surface area contributed by atoms with E-state index in [2.05, 4.69) is 4.98 Å². The zero-order valence-corrected chi connectivity index (χ0v) is 12.0. The van der Waals surface area contributed by atoms with Crippen molar-refractivity contribution in [1.29, 1.82) is 0 Å². The average Bonchev–Trinajstić information content (AvgIpc) is 3.13. The van der Waals surface area contributed by atoms with Crippen LogP contribution in [0.3, 0.4) is 0 Å². The van der Waals surface area contributed by atoms with Gasteiger partial charge in [0.1, 0.15) is 0 Å². The molecule has 1 aliphatic rings. The van der Waals surface area contributed by atoms with E-state index in [9.17, 15) is 14.7 Å². The highest BCUT2D eigenvalue weighted by atomic mass is 32.1. The number of nitrogens with zero attached hydrogens (tertiary/aromatic N) is 2. The highest BCUT2D eigenvalue weighted by Crippen LogP contribution is 2.48. The molecule has 1 fully saturated rings. The lowest BCUT2D eigenvalue weighted by Crippen LogP contribution is -2.24. The number of esters is 1. The number of hydrogen-bond donors (Lipinski definition) is 1. The molecule has 0 spiro atoms. The van der Waals surface area contributed by atoms with Crippen LogP contribution in [-0.4, -0.2) is 28.5 Å². The average molecular weight is 308 g/mol. The topological polar surface area (TPSA) is 92.9 Å². The van der Waals surface area contributed by atoms with Crippen molar-refractivity contribution >= 4 is 29.1 Å². The molecule has 2 aromatic rings. The lowest BCUT2D eigenvalue weighted by atomic mass is 10.4. The second kappa shape index (κ2) is 5.21. The van der Waals surface area contributed by atoms with Gasteiger partial charge in [-0.3, -0.25) is 14.5 Å². The van der Waals surface area contributed by atoms with Gasteiger partial charge >= 0.3 is 5.97 Å². The molecule has 0 saturated carbocycles. The number of carbonyl (C=O) groups excluding carboxylic acids is 2. The van der Waals surface area contributed by atoms with E-state index in [-0.39, 0.29) is 29.1 Å². The second-order valence-corrected chi connectivity index (χ2v) is 5.39. The molecule has 0 atom stereocenters. The van der Waals surface area contributed by atoms with E-state index in [1.807, 2.05) is 0 Å². The fourth-order valence-electron chi connectivity index (χ4n) is 2.15. The zero-order valence-electron chi connectivity index (χ0n) is 11.2. The normalized spacial score (nSPS) is 14.7. The lowest BCUT2D eigenvalue weighted by molar-refractivity contribution is -0.132. The molecule has 110 valence electrons. The maximum absolute atomic E-state index is 11.9. The Morgan fingerprint density at radius 2 is 2.38 bits per heavy atom.